The third-order valence-corrected chi connectivity index (χ3v) is 4.23. The topological polar surface area (TPSA) is 84.1 Å². The van der Waals surface area contributed by atoms with Gasteiger partial charge in [-0.2, -0.15) is 0 Å². The number of nitrogens with one attached hydrogen (secondary N) is 1. The number of carbonyl (C=O) groups excluding carboxylic acids is 1. The summed E-state index contributed by atoms with van der Waals surface area (Å²) < 4.78 is 0. The van der Waals surface area contributed by atoms with Gasteiger partial charge in [0.1, 0.15) is 5.69 Å². The molecule has 0 aliphatic carbocycles. The van der Waals surface area contributed by atoms with Crippen molar-refractivity contribution >= 4 is 11.7 Å². The molecule has 0 radical (unpaired) electrons. The number of anilines is 1. The van der Waals surface area contributed by atoms with E-state index in [1.165, 1.54) is 12.4 Å². The number of carbonyl (C=O) groups is 1. The van der Waals surface area contributed by atoms with E-state index in [9.17, 15) is 4.79 Å². The highest BCUT2D eigenvalue weighted by molar-refractivity contribution is 5.92. The van der Waals surface area contributed by atoms with E-state index in [0.717, 1.165) is 32.4 Å². The smallest absolute Gasteiger partial charge is 0.274 e. The van der Waals surface area contributed by atoms with Gasteiger partial charge in [0, 0.05) is 13.1 Å². The van der Waals surface area contributed by atoms with Gasteiger partial charge in [-0.15, -0.1) is 0 Å². The van der Waals surface area contributed by atoms with E-state index >= 15 is 0 Å². The Morgan fingerprint density at radius 1 is 1.47 bits per heavy atom. The number of rotatable bonds is 4. The molecule has 2 heterocycles. The number of nitrogens with zero attached hydrogens (tertiary/aromatic N) is 3. The van der Waals surface area contributed by atoms with Crippen LogP contribution >= 0.6 is 0 Å². The predicted molar refractivity (Wildman–Crippen MR) is 73.4 cm³/mol. The molecule has 6 nitrogen and oxygen atoms in total. The van der Waals surface area contributed by atoms with Crippen molar-refractivity contribution in [2.45, 2.75) is 33.1 Å². The molecule has 1 amide bonds. The second-order valence-electron chi connectivity index (χ2n) is 5.12. The van der Waals surface area contributed by atoms with Crippen LogP contribution < -0.4 is 11.3 Å². The minimum atomic E-state index is -0.0617. The standard InChI is InChI=1S/C13H21N5O/c1-3-13(4-2)5-6-18(9-13)12(19)10-7-15-8-11(16-10)17-14/h7-8H,3-6,9,14H2,1-2H3,(H,16,17). The van der Waals surface area contributed by atoms with E-state index < -0.39 is 0 Å². The number of hydrogen-bond acceptors (Lipinski definition) is 5. The molecule has 19 heavy (non-hydrogen) atoms. The fourth-order valence-electron chi connectivity index (χ4n) is 2.64. The largest absolute Gasteiger partial charge is 0.337 e. The summed E-state index contributed by atoms with van der Waals surface area (Å²) in [7, 11) is 0. The highest BCUT2D eigenvalue weighted by atomic mass is 16.2. The van der Waals surface area contributed by atoms with Crippen molar-refractivity contribution in [2.24, 2.45) is 11.3 Å². The van der Waals surface area contributed by atoms with Crippen LogP contribution in [0.2, 0.25) is 0 Å². The molecule has 6 heteroatoms. The Balaban J connectivity index is 2.13. The van der Waals surface area contributed by atoms with Crippen LogP contribution in [0.4, 0.5) is 5.82 Å². The van der Waals surface area contributed by atoms with Gasteiger partial charge in [-0.25, -0.2) is 10.8 Å². The average Bonchev–Trinajstić information content (AvgIpc) is 2.91. The summed E-state index contributed by atoms with van der Waals surface area (Å²) in [5.74, 6) is 5.62. The number of likely N-dealkylation sites (tertiary alicyclic amines) is 1. The zero-order chi connectivity index (χ0) is 13.9. The van der Waals surface area contributed by atoms with Crippen LogP contribution in [0.3, 0.4) is 0 Å². The minimum Gasteiger partial charge on any atom is -0.337 e. The summed E-state index contributed by atoms with van der Waals surface area (Å²) in [6.07, 6.45) is 6.24. The van der Waals surface area contributed by atoms with E-state index in [4.69, 9.17) is 5.84 Å². The van der Waals surface area contributed by atoms with Gasteiger partial charge in [0.05, 0.1) is 12.4 Å². The van der Waals surface area contributed by atoms with Gasteiger partial charge >= 0.3 is 0 Å². The molecule has 1 aromatic rings. The number of nitrogens with two attached hydrogens (primary N) is 1. The molecule has 0 bridgehead atoms. The minimum absolute atomic E-state index is 0.0617. The lowest BCUT2D eigenvalue weighted by atomic mass is 9.82. The Bertz CT molecular complexity index is 458. The van der Waals surface area contributed by atoms with Crippen LogP contribution in [-0.4, -0.2) is 33.9 Å². The summed E-state index contributed by atoms with van der Waals surface area (Å²) in [5, 5.41) is 0. The quantitative estimate of drug-likeness (QED) is 0.634. The van der Waals surface area contributed by atoms with Crippen LogP contribution in [0.15, 0.2) is 12.4 Å². The maximum Gasteiger partial charge on any atom is 0.274 e. The normalized spacial score (nSPS) is 17.5. The maximum absolute atomic E-state index is 12.4. The van der Waals surface area contributed by atoms with E-state index in [-0.39, 0.29) is 11.3 Å². The third-order valence-electron chi connectivity index (χ3n) is 4.23. The second-order valence-corrected chi connectivity index (χ2v) is 5.12. The Morgan fingerprint density at radius 3 is 2.79 bits per heavy atom. The van der Waals surface area contributed by atoms with E-state index in [1.54, 1.807) is 0 Å². The summed E-state index contributed by atoms with van der Waals surface area (Å²) in [6, 6.07) is 0. The number of nitrogen functional groups attached to an aromatic ring is 1. The van der Waals surface area contributed by atoms with Crippen LogP contribution in [0, 0.1) is 5.41 Å². The van der Waals surface area contributed by atoms with Gasteiger partial charge in [0.25, 0.3) is 5.91 Å². The van der Waals surface area contributed by atoms with Gasteiger partial charge in [-0.05, 0) is 24.7 Å². The Morgan fingerprint density at radius 2 is 2.21 bits per heavy atom. The van der Waals surface area contributed by atoms with Crippen molar-refractivity contribution in [1.29, 1.82) is 0 Å². The van der Waals surface area contributed by atoms with Gasteiger partial charge in [0.2, 0.25) is 0 Å². The van der Waals surface area contributed by atoms with Crippen molar-refractivity contribution < 1.29 is 4.79 Å². The van der Waals surface area contributed by atoms with E-state index in [0.29, 0.717) is 11.5 Å². The Hall–Kier alpha value is -1.69. The van der Waals surface area contributed by atoms with Crippen LogP contribution in [-0.2, 0) is 0 Å². The molecule has 0 unspecified atom stereocenters. The predicted octanol–water partition coefficient (Wildman–Crippen LogP) is 1.41. The molecule has 2 rings (SSSR count). The molecule has 0 aromatic carbocycles. The molecular weight excluding hydrogens is 242 g/mol. The van der Waals surface area contributed by atoms with E-state index in [2.05, 4.69) is 29.2 Å². The van der Waals surface area contributed by atoms with Crippen molar-refractivity contribution in [3.8, 4) is 0 Å². The first-order chi connectivity index (χ1) is 9.14. The molecule has 0 saturated carbocycles. The molecular formula is C13H21N5O. The van der Waals surface area contributed by atoms with E-state index in [1.807, 2.05) is 4.90 Å². The molecule has 1 aliphatic heterocycles. The van der Waals surface area contributed by atoms with Gasteiger partial charge in [-0.1, -0.05) is 13.8 Å². The second kappa shape index (κ2) is 5.52. The summed E-state index contributed by atoms with van der Waals surface area (Å²) in [5.41, 5.74) is 3.02. The molecule has 1 aliphatic rings. The summed E-state index contributed by atoms with van der Waals surface area (Å²) in [4.78, 5) is 22.4. The van der Waals surface area contributed by atoms with Crippen LogP contribution in [0.1, 0.15) is 43.6 Å². The molecule has 3 N–H and O–H groups in total. The maximum atomic E-state index is 12.4. The lowest BCUT2D eigenvalue weighted by Gasteiger charge is -2.26. The van der Waals surface area contributed by atoms with Gasteiger partial charge < -0.3 is 10.3 Å². The Labute approximate surface area is 113 Å². The molecule has 104 valence electrons. The lowest BCUT2D eigenvalue weighted by Crippen LogP contribution is -2.32. The molecule has 0 spiro atoms. The number of hydrogen-bond donors (Lipinski definition) is 2. The highest BCUT2D eigenvalue weighted by Gasteiger charge is 2.37. The first-order valence-corrected chi connectivity index (χ1v) is 6.72. The zero-order valence-electron chi connectivity index (χ0n) is 11.5. The summed E-state index contributed by atoms with van der Waals surface area (Å²) >= 11 is 0. The number of hydrazine groups is 1. The van der Waals surface area contributed by atoms with Crippen LogP contribution in [0.5, 0.6) is 0 Å². The Kier molecular flexibility index (Phi) is 3.99. The van der Waals surface area contributed by atoms with Crippen molar-refractivity contribution in [2.75, 3.05) is 18.5 Å². The number of aromatic nitrogens is 2. The summed E-state index contributed by atoms with van der Waals surface area (Å²) in [6.45, 7) is 5.98. The first kappa shape index (κ1) is 13.7. The lowest BCUT2D eigenvalue weighted by molar-refractivity contribution is 0.0763. The number of amides is 1. The fraction of sp³-hybridized carbons (Fsp3) is 0.615. The van der Waals surface area contributed by atoms with Crippen molar-refractivity contribution in [3.63, 3.8) is 0 Å². The average molecular weight is 263 g/mol. The SMILES string of the molecule is CCC1(CC)CCN(C(=O)c2cncc(NN)n2)C1. The van der Waals surface area contributed by atoms with Gasteiger partial charge in [-0.3, -0.25) is 9.78 Å². The monoisotopic (exact) mass is 263 g/mol. The van der Waals surface area contributed by atoms with Gasteiger partial charge in [0.15, 0.2) is 5.82 Å². The third kappa shape index (κ3) is 2.68. The highest BCUT2D eigenvalue weighted by Crippen LogP contribution is 2.37. The molecule has 1 fully saturated rings. The van der Waals surface area contributed by atoms with Crippen LogP contribution in [0.25, 0.3) is 0 Å². The zero-order valence-corrected chi connectivity index (χ0v) is 11.5. The molecule has 1 saturated heterocycles. The first-order valence-electron chi connectivity index (χ1n) is 6.72. The fourth-order valence-corrected chi connectivity index (χ4v) is 2.64. The van der Waals surface area contributed by atoms with Crippen molar-refractivity contribution in [3.05, 3.63) is 18.1 Å². The molecule has 1 aromatic heterocycles. The molecule has 0 atom stereocenters. The van der Waals surface area contributed by atoms with Crippen molar-refractivity contribution in [1.82, 2.24) is 14.9 Å².